The van der Waals surface area contributed by atoms with Gasteiger partial charge in [0.1, 0.15) is 5.78 Å². The summed E-state index contributed by atoms with van der Waals surface area (Å²) in [7, 11) is -3.83. The Bertz CT molecular complexity index is 358. The summed E-state index contributed by atoms with van der Waals surface area (Å²) < 4.78 is 59.7. The number of rotatable bonds is 1. The zero-order valence-corrected chi connectivity index (χ0v) is 8.86. The van der Waals surface area contributed by atoms with Crippen molar-refractivity contribution in [1.82, 2.24) is 0 Å². The predicted molar refractivity (Wildman–Crippen MR) is 47.0 cm³/mol. The van der Waals surface area contributed by atoms with Crippen molar-refractivity contribution in [2.24, 2.45) is 5.92 Å². The fourth-order valence-electron chi connectivity index (χ4n) is 1.80. The molecule has 88 valence electrons. The molecule has 1 rings (SSSR count). The summed E-state index contributed by atoms with van der Waals surface area (Å²) in [5, 5.41) is -1.60. The Kier molecular flexibility index (Phi) is 3.14. The number of halogens is 3. The number of ketones is 1. The monoisotopic (exact) mass is 244 g/mol. The second kappa shape index (κ2) is 3.77. The molecule has 0 saturated heterocycles. The second-order valence-electron chi connectivity index (χ2n) is 3.80. The van der Waals surface area contributed by atoms with Crippen LogP contribution in [0.25, 0.3) is 0 Å². The third-order valence-electron chi connectivity index (χ3n) is 2.58. The third kappa shape index (κ3) is 2.93. The van der Waals surface area contributed by atoms with Gasteiger partial charge < -0.3 is 0 Å². The summed E-state index contributed by atoms with van der Waals surface area (Å²) in [5.74, 6) is -2.31. The van der Waals surface area contributed by atoms with Gasteiger partial charge in [-0.2, -0.15) is 13.2 Å². The van der Waals surface area contributed by atoms with E-state index in [1.807, 2.05) is 0 Å². The van der Waals surface area contributed by atoms with Gasteiger partial charge in [-0.25, -0.2) is 8.42 Å². The standard InChI is InChI=1S/C8H11F3O3S/c1-15(13,14)7-4-5(12)2-3-6(7)8(9,10)11/h6-7H,2-4H2,1H3. The van der Waals surface area contributed by atoms with Gasteiger partial charge in [-0.15, -0.1) is 0 Å². The highest BCUT2D eigenvalue weighted by Gasteiger charge is 2.50. The first-order valence-electron chi connectivity index (χ1n) is 4.39. The van der Waals surface area contributed by atoms with Gasteiger partial charge in [0.2, 0.25) is 0 Å². The van der Waals surface area contributed by atoms with Crippen LogP contribution in [0.4, 0.5) is 13.2 Å². The van der Waals surface area contributed by atoms with Crippen LogP contribution in [0.5, 0.6) is 0 Å². The summed E-state index contributed by atoms with van der Waals surface area (Å²) in [6.45, 7) is 0. The molecule has 0 spiro atoms. The Balaban J connectivity index is 3.01. The smallest absolute Gasteiger partial charge is 0.300 e. The molecule has 7 heteroatoms. The van der Waals surface area contributed by atoms with E-state index in [0.29, 0.717) is 0 Å². The van der Waals surface area contributed by atoms with Crippen molar-refractivity contribution in [2.75, 3.05) is 6.26 Å². The first kappa shape index (κ1) is 12.5. The molecule has 0 bridgehead atoms. The molecule has 0 amide bonds. The van der Waals surface area contributed by atoms with Gasteiger partial charge in [0.05, 0.1) is 11.2 Å². The van der Waals surface area contributed by atoms with E-state index in [4.69, 9.17) is 0 Å². The van der Waals surface area contributed by atoms with Crippen LogP contribution in [0, 0.1) is 5.92 Å². The molecule has 0 aromatic carbocycles. The largest absolute Gasteiger partial charge is 0.393 e. The second-order valence-corrected chi connectivity index (χ2v) is 6.06. The average Bonchev–Trinajstić information content (AvgIpc) is 2.00. The summed E-state index contributed by atoms with van der Waals surface area (Å²) in [5.41, 5.74) is 0. The van der Waals surface area contributed by atoms with Crippen molar-refractivity contribution < 1.29 is 26.4 Å². The molecular weight excluding hydrogens is 233 g/mol. The number of hydrogen-bond donors (Lipinski definition) is 0. The molecule has 3 nitrogen and oxygen atoms in total. The van der Waals surface area contributed by atoms with Gasteiger partial charge in [-0.3, -0.25) is 4.79 Å². The number of Topliss-reactive ketones (excluding diaryl/α,β-unsaturated/α-hetero) is 1. The zero-order valence-electron chi connectivity index (χ0n) is 8.04. The van der Waals surface area contributed by atoms with Crippen molar-refractivity contribution >= 4 is 15.6 Å². The van der Waals surface area contributed by atoms with Crippen molar-refractivity contribution in [2.45, 2.75) is 30.7 Å². The average molecular weight is 244 g/mol. The quantitative estimate of drug-likeness (QED) is 0.699. The SMILES string of the molecule is CS(=O)(=O)C1CC(=O)CCC1C(F)(F)F. The molecule has 15 heavy (non-hydrogen) atoms. The molecule has 1 saturated carbocycles. The van der Waals surface area contributed by atoms with E-state index in [1.165, 1.54) is 0 Å². The number of hydrogen-bond acceptors (Lipinski definition) is 3. The van der Waals surface area contributed by atoms with Crippen molar-refractivity contribution in [1.29, 1.82) is 0 Å². The van der Waals surface area contributed by atoms with Crippen LogP contribution in [-0.2, 0) is 14.6 Å². The van der Waals surface area contributed by atoms with Gasteiger partial charge in [-0.05, 0) is 6.42 Å². The van der Waals surface area contributed by atoms with Crippen LogP contribution in [0.1, 0.15) is 19.3 Å². The maximum Gasteiger partial charge on any atom is 0.393 e. The van der Waals surface area contributed by atoms with Crippen LogP contribution in [0.15, 0.2) is 0 Å². The summed E-state index contributed by atoms with van der Waals surface area (Å²) in [6.07, 6.45) is -4.91. The molecule has 0 aliphatic heterocycles. The van der Waals surface area contributed by atoms with Crippen LogP contribution in [0.3, 0.4) is 0 Å². The molecule has 1 aliphatic rings. The number of sulfone groups is 1. The Labute approximate surface area is 85.6 Å². The molecule has 2 atom stereocenters. The van der Waals surface area contributed by atoms with E-state index in [-0.39, 0.29) is 6.42 Å². The van der Waals surface area contributed by atoms with Crippen LogP contribution in [0.2, 0.25) is 0 Å². The molecule has 0 N–H and O–H groups in total. The minimum absolute atomic E-state index is 0.184. The molecule has 1 fully saturated rings. The Morgan fingerprint density at radius 3 is 2.27 bits per heavy atom. The van der Waals surface area contributed by atoms with Gasteiger partial charge in [0.25, 0.3) is 0 Å². The van der Waals surface area contributed by atoms with Crippen LogP contribution >= 0.6 is 0 Å². The topological polar surface area (TPSA) is 51.2 Å². The molecule has 0 aromatic rings. The lowest BCUT2D eigenvalue weighted by atomic mass is 9.87. The van der Waals surface area contributed by atoms with Crippen molar-refractivity contribution in [3.8, 4) is 0 Å². The van der Waals surface area contributed by atoms with E-state index in [9.17, 15) is 26.4 Å². The van der Waals surface area contributed by atoms with Crippen molar-refractivity contribution in [3.05, 3.63) is 0 Å². The van der Waals surface area contributed by atoms with Gasteiger partial charge >= 0.3 is 6.18 Å². The Morgan fingerprint density at radius 1 is 1.33 bits per heavy atom. The molecule has 1 aliphatic carbocycles. The predicted octanol–water partition coefficient (Wildman–Crippen LogP) is 1.33. The summed E-state index contributed by atoms with van der Waals surface area (Å²) >= 11 is 0. The van der Waals surface area contributed by atoms with Gasteiger partial charge in [0.15, 0.2) is 9.84 Å². The molecule has 0 aromatic heterocycles. The minimum atomic E-state index is -4.55. The third-order valence-corrected chi connectivity index (χ3v) is 4.18. The van der Waals surface area contributed by atoms with Crippen molar-refractivity contribution in [3.63, 3.8) is 0 Å². The number of carbonyl (C=O) groups excluding carboxylic acids is 1. The Morgan fingerprint density at radius 2 is 1.87 bits per heavy atom. The van der Waals surface area contributed by atoms with Gasteiger partial charge in [0, 0.05) is 19.1 Å². The Hall–Kier alpha value is -0.590. The van der Waals surface area contributed by atoms with E-state index in [2.05, 4.69) is 0 Å². The molecule has 0 heterocycles. The lowest BCUT2D eigenvalue weighted by molar-refractivity contribution is -0.180. The number of alkyl halides is 3. The highest BCUT2D eigenvalue weighted by molar-refractivity contribution is 7.91. The van der Waals surface area contributed by atoms with E-state index in [1.54, 1.807) is 0 Å². The fraction of sp³-hybridized carbons (Fsp3) is 0.875. The maximum absolute atomic E-state index is 12.5. The molecular formula is C8H11F3O3S. The van der Waals surface area contributed by atoms with E-state index >= 15 is 0 Å². The van der Waals surface area contributed by atoms with E-state index < -0.39 is 45.8 Å². The first-order valence-corrected chi connectivity index (χ1v) is 6.35. The van der Waals surface area contributed by atoms with Crippen LogP contribution < -0.4 is 0 Å². The minimum Gasteiger partial charge on any atom is -0.300 e. The molecule has 2 unspecified atom stereocenters. The highest BCUT2D eigenvalue weighted by Crippen LogP contribution is 2.39. The molecule has 0 radical (unpaired) electrons. The lowest BCUT2D eigenvalue weighted by Gasteiger charge is -2.30. The highest BCUT2D eigenvalue weighted by atomic mass is 32.2. The number of carbonyl (C=O) groups is 1. The van der Waals surface area contributed by atoms with Crippen LogP contribution in [-0.4, -0.2) is 31.9 Å². The zero-order chi connectivity index (χ0) is 11.9. The lowest BCUT2D eigenvalue weighted by Crippen LogP contribution is -2.43. The normalized spacial score (nSPS) is 29.2. The summed E-state index contributed by atoms with van der Waals surface area (Å²) in [6, 6.07) is 0. The summed E-state index contributed by atoms with van der Waals surface area (Å²) in [4.78, 5) is 11.0. The maximum atomic E-state index is 12.5. The van der Waals surface area contributed by atoms with E-state index in [0.717, 1.165) is 6.26 Å². The first-order chi connectivity index (χ1) is 6.62. The fourth-order valence-corrected chi connectivity index (χ4v) is 3.17. The van der Waals surface area contributed by atoms with Gasteiger partial charge in [-0.1, -0.05) is 0 Å².